The first-order valence-corrected chi connectivity index (χ1v) is 9.03. The molecule has 3 rings (SSSR count). The van der Waals surface area contributed by atoms with Crippen LogP contribution in [0, 0.1) is 11.3 Å². The van der Waals surface area contributed by atoms with Crippen LogP contribution in [0.15, 0.2) is 54.6 Å². The van der Waals surface area contributed by atoms with Crippen molar-refractivity contribution in [2.24, 2.45) is 0 Å². The predicted molar refractivity (Wildman–Crippen MR) is 103 cm³/mol. The Balaban J connectivity index is 1.37. The van der Waals surface area contributed by atoms with Crippen molar-refractivity contribution in [2.75, 3.05) is 37.6 Å². The Kier molecular flexibility index (Phi) is 6.24. The van der Waals surface area contributed by atoms with Crippen LogP contribution in [0.25, 0.3) is 0 Å². The average molecular weight is 348 g/mol. The predicted octanol–water partition coefficient (Wildman–Crippen LogP) is 2.39. The molecule has 134 valence electrons. The van der Waals surface area contributed by atoms with E-state index in [1.807, 2.05) is 24.3 Å². The van der Waals surface area contributed by atoms with E-state index < -0.39 is 0 Å². The number of carbonyl (C=O) groups is 1. The summed E-state index contributed by atoms with van der Waals surface area (Å²) < 4.78 is 0. The van der Waals surface area contributed by atoms with E-state index in [-0.39, 0.29) is 5.91 Å². The topological polar surface area (TPSA) is 59.4 Å². The van der Waals surface area contributed by atoms with Crippen molar-refractivity contribution in [2.45, 2.75) is 13.0 Å². The van der Waals surface area contributed by atoms with Crippen molar-refractivity contribution in [3.8, 4) is 6.07 Å². The molecule has 5 nitrogen and oxygen atoms in total. The van der Waals surface area contributed by atoms with E-state index in [9.17, 15) is 4.79 Å². The lowest BCUT2D eigenvalue weighted by Gasteiger charge is -2.36. The number of hydrogen-bond donors (Lipinski definition) is 1. The molecule has 1 fully saturated rings. The summed E-state index contributed by atoms with van der Waals surface area (Å²) >= 11 is 0. The fourth-order valence-electron chi connectivity index (χ4n) is 3.17. The third-order valence-electron chi connectivity index (χ3n) is 4.69. The molecule has 0 aliphatic carbocycles. The van der Waals surface area contributed by atoms with E-state index >= 15 is 0 Å². The van der Waals surface area contributed by atoms with Gasteiger partial charge >= 0.3 is 0 Å². The first kappa shape index (κ1) is 18.0. The van der Waals surface area contributed by atoms with Crippen LogP contribution in [-0.2, 0) is 11.3 Å². The highest BCUT2D eigenvalue weighted by molar-refractivity contribution is 5.76. The van der Waals surface area contributed by atoms with Gasteiger partial charge in [-0.15, -0.1) is 0 Å². The number of rotatable bonds is 6. The zero-order valence-corrected chi connectivity index (χ0v) is 14.9. The summed E-state index contributed by atoms with van der Waals surface area (Å²) in [7, 11) is 0. The minimum atomic E-state index is 0.0536. The Morgan fingerprint density at radius 3 is 2.54 bits per heavy atom. The largest absolute Gasteiger partial charge is 0.369 e. The smallest absolute Gasteiger partial charge is 0.221 e. The van der Waals surface area contributed by atoms with E-state index in [4.69, 9.17) is 5.26 Å². The van der Waals surface area contributed by atoms with Gasteiger partial charge in [0.25, 0.3) is 0 Å². The molecule has 0 radical (unpaired) electrons. The minimum Gasteiger partial charge on any atom is -0.369 e. The summed E-state index contributed by atoms with van der Waals surface area (Å²) in [6.45, 7) is 5.20. The van der Waals surface area contributed by atoms with Gasteiger partial charge in [-0.2, -0.15) is 5.26 Å². The average Bonchev–Trinajstić information content (AvgIpc) is 2.72. The van der Waals surface area contributed by atoms with Gasteiger partial charge in [0.2, 0.25) is 5.91 Å². The monoisotopic (exact) mass is 348 g/mol. The maximum atomic E-state index is 12.1. The van der Waals surface area contributed by atoms with Crippen LogP contribution in [0.2, 0.25) is 0 Å². The van der Waals surface area contributed by atoms with Crippen LogP contribution in [0.1, 0.15) is 17.5 Å². The molecule has 0 saturated carbocycles. The SMILES string of the molecule is N#Cc1cccc(CNC(=O)CCN2CCN(c3ccccc3)CC2)c1. The Morgan fingerprint density at radius 1 is 1.04 bits per heavy atom. The lowest BCUT2D eigenvalue weighted by Crippen LogP contribution is -2.47. The molecular formula is C21H24N4O. The van der Waals surface area contributed by atoms with Crippen LogP contribution >= 0.6 is 0 Å². The quantitative estimate of drug-likeness (QED) is 0.871. The van der Waals surface area contributed by atoms with Gasteiger partial charge in [-0.3, -0.25) is 9.69 Å². The summed E-state index contributed by atoms with van der Waals surface area (Å²) in [4.78, 5) is 16.8. The lowest BCUT2D eigenvalue weighted by atomic mass is 10.1. The number of nitrogens with zero attached hydrogens (tertiary/aromatic N) is 3. The number of hydrogen-bond acceptors (Lipinski definition) is 4. The zero-order valence-electron chi connectivity index (χ0n) is 14.9. The Labute approximate surface area is 154 Å². The molecule has 0 unspecified atom stereocenters. The van der Waals surface area contributed by atoms with E-state index in [1.165, 1.54) is 5.69 Å². The number of anilines is 1. The number of nitriles is 1. The minimum absolute atomic E-state index is 0.0536. The lowest BCUT2D eigenvalue weighted by molar-refractivity contribution is -0.121. The fraction of sp³-hybridized carbons (Fsp3) is 0.333. The van der Waals surface area contributed by atoms with Crippen LogP contribution in [0.5, 0.6) is 0 Å². The molecule has 1 N–H and O–H groups in total. The molecule has 2 aromatic rings. The number of nitrogens with one attached hydrogen (secondary N) is 1. The van der Waals surface area contributed by atoms with E-state index in [1.54, 1.807) is 6.07 Å². The van der Waals surface area contributed by atoms with Gasteiger partial charge in [0.05, 0.1) is 11.6 Å². The first-order valence-electron chi connectivity index (χ1n) is 9.03. The van der Waals surface area contributed by atoms with Gasteiger partial charge in [-0.25, -0.2) is 0 Å². The molecule has 1 aliphatic rings. The second-order valence-corrected chi connectivity index (χ2v) is 6.50. The number of amides is 1. The number of para-hydroxylation sites is 1. The van der Waals surface area contributed by atoms with Gasteiger partial charge in [0.1, 0.15) is 0 Å². The normalized spacial score (nSPS) is 14.7. The Hall–Kier alpha value is -2.84. The summed E-state index contributed by atoms with van der Waals surface area (Å²) in [6, 6.07) is 19.9. The molecule has 1 heterocycles. The Bertz CT molecular complexity index is 761. The van der Waals surface area contributed by atoms with Crippen molar-refractivity contribution in [3.63, 3.8) is 0 Å². The molecule has 5 heteroatoms. The van der Waals surface area contributed by atoms with Gasteiger partial charge in [-0.1, -0.05) is 30.3 Å². The van der Waals surface area contributed by atoms with E-state index in [2.05, 4.69) is 45.5 Å². The van der Waals surface area contributed by atoms with Gasteiger partial charge in [0, 0.05) is 51.4 Å². The summed E-state index contributed by atoms with van der Waals surface area (Å²) in [5.41, 5.74) is 2.84. The highest BCUT2D eigenvalue weighted by Gasteiger charge is 2.17. The molecule has 1 aliphatic heterocycles. The first-order chi connectivity index (χ1) is 12.7. The van der Waals surface area contributed by atoms with Gasteiger partial charge in [-0.05, 0) is 29.8 Å². The molecule has 1 saturated heterocycles. The van der Waals surface area contributed by atoms with Crippen LogP contribution < -0.4 is 10.2 Å². The van der Waals surface area contributed by atoms with Crippen LogP contribution in [0.3, 0.4) is 0 Å². The van der Waals surface area contributed by atoms with Gasteiger partial charge < -0.3 is 10.2 Å². The van der Waals surface area contributed by atoms with Crippen molar-refractivity contribution >= 4 is 11.6 Å². The third-order valence-corrected chi connectivity index (χ3v) is 4.69. The fourth-order valence-corrected chi connectivity index (χ4v) is 3.17. The summed E-state index contributed by atoms with van der Waals surface area (Å²) in [5, 5.41) is 11.9. The zero-order chi connectivity index (χ0) is 18.2. The molecule has 26 heavy (non-hydrogen) atoms. The number of benzene rings is 2. The van der Waals surface area contributed by atoms with Crippen molar-refractivity contribution in [1.82, 2.24) is 10.2 Å². The highest BCUT2D eigenvalue weighted by atomic mass is 16.1. The third kappa shape index (κ3) is 5.08. The molecular weight excluding hydrogens is 324 g/mol. The van der Waals surface area contributed by atoms with Crippen molar-refractivity contribution in [1.29, 1.82) is 5.26 Å². The maximum Gasteiger partial charge on any atom is 0.221 e. The molecule has 2 aromatic carbocycles. The van der Waals surface area contributed by atoms with E-state index in [0.29, 0.717) is 18.5 Å². The van der Waals surface area contributed by atoms with Gasteiger partial charge in [0.15, 0.2) is 0 Å². The number of carbonyl (C=O) groups excluding carboxylic acids is 1. The standard InChI is InChI=1S/C21H24N4O/c22-16-18-5-4-6-19(15-18)17-23-21(26)9-10-24-11-13-25(14-12-24)20-7-2-1-3-8-20/h1-8,15H,9-14,17H2,(H,23,26). The second kappa shape index (κ2) is 9.02. The molecule has 0 aromatic heterocycles. The molecule has 0 atom stereocenters. The van der Waals surface area contributed by atoms with Crippen LogP contribution in [0.4, 0.5) is 5.69 Å². The van der Waals surface area contributed by atoms with Crippen LogP contribution in [-0.4, -0.2) is 43.5 Å². The van der Waals surface area contributed by atoms with Crippen molar-refractivity contribution < 1.29 is 4.79 Å². The highest BCUT2D eigenvalue weighted by Crippen LogP contribution is 2.15. The van der Waals surface area contributed by atoms with Crippen molar-refractivity contribution in [3.05, 3.63) is 65.7 Å². The summed E-state index contributed by atoms with van der Waals surface area (Å²) in [5.74, 6) is 0.0536. The summed E-state index contributed by atoms with van der Waals surface area (Å²) in [6.07, 6.45) is 0.503. The Morgan fingerprint density at radius 2 is 1.81 bits per heavy atom. The molecule has 1 amide bonds. The van der Waals surface area contributed by atoms with E-state index in [0.717, 1.165) is 38.3 Å². The number of piperazine rings is 1. The molecule has 0 spiro atoms. The molecule has 0 bridgehead atoms. The maximum absolute atomic E-state index is 12.1. The second-order valence-electron chi connectivity index (χ2n) is 6.50.